The highest BCUT2D eigenvalue weighted by molar-refractivity contribution is 5.88. The van der Waals surface area contributed by atoms with Gasteiger partial charge in [0.05, 0.1) is 0 Å². The van der Waals surface area contributed by atoms with Crippen LogP contribution in [0.1, 0.15) is 51.9 Å². The van der Waals surface area contributed by atoms with Gasteiger partial charge in [-0.2, -0.15) is 0 Å². The van der Waals surface area contributed by atoms with Gasteiger partial charge in [0.15, 0.2) is 0 Å². The third-order valence-electron chi connectivity index (χ3n) is 5.22. The zero-order valence-electron chi connectivity index (χ0n) is 20.1. The second kappa shape index (κ2) is 10.5. The van der Waals surface area contributed by atoms with Gasteiger partial charge in [0.2, 0.25) is 5.91 Å². The van der Waals surface area contributed by atoms with E-state index in [1.807, 2.05) is 36.4 Å². The normalized spacial score (nSPS) is 12.5. The summed E-state index contributed by atoms with van der Waals surface area (Å²) in [5.41, 5.74) is 2.35. The maximum absolute atomic E-state index is 13.1. The van der Waals surface area contributed by atoms with Crippen molar-refractivity contribution in [1.82, 2.24) is 20.2 Å². The average Bonchev–Trinajstić information content (AvgIpc) is 3.11. The highest BCUT2D eigenvalue weighted by Gasteiger charge is 2.26. The molecular weight excluding hydrogens is 416 g/mol. The van der Waals surface area contributed by atoms with Crippen LogP contribution in [0.2, 0.25) is 0 Å². The fourth-order valence-corrected chi connectivity index (χ4v) is 3.73. The largest absolute Gasteiger partial charge is 0.444 e. The van der Waals surface area contributed by atoms with Crippen LogP contribution in [0.15, 0.2) is 54.9 Å². The number of hydrogen-bond acceptors (Lipinski definition) is 4. The molecule has 1 atom stereocenters. The van der Waals surface area contributed by atoms with Gasteiger partial charge in [-0.1, -0.05) is 24.3 Å². The zero-order valence-corrected chi connectivity index (χ0v) is 20.1. The molecule has 7 heteroatoms. The van der Waals surface area contributed by atoms with Gasteiger partial charge in [0.1, 0.15) is 11.6 Å². The van der Waals surface area contributed by atoms with E-state index in [0.29, 0.717) is 19.4 Å². The number of pyridine rings is 1. The molecule has 3 rings (SSSR count). The molecule has 0 saturated carbocycles. The Morgan fingerprint density at radius 2 is 1.82 bits per heavy atom. The van der Waals surface area contributed by atoms with E-state index in [1.54, 1.807) is 27.0 Å². The number of benzene rings is 1. The lowest BCUT2D eigenvalue weighted by Gasteiger charge is -2.23. The topological polar surface area (TPSA) is 85.2 Å². The van der Waals surface area contributed by atoms with Crippen LogP contribution in [-0.4, -0.2) is 39.7 Å². The molecule has 2 heterocycles. The zero-order chi connectivity index (χ0) is 24.0. The number of para-hydroxylation sites is 1. The van der Waals surface area contributed by atoms with Crippen LogP contribution in [-0.2, 0) is 22.4 Å². The monoisotopic (exact) mass is 450 g/mol. The first kappa shape index (κ1) is 24.3. The second-order valence-corrected chi connectivity index (χ2v) is 9.44. The average molecular weight is 451 g/mol. The third-order valence-corrected chi connectivity index (χ3v) is 5.22. The number of alkyl carbamates (subject to hydrolysis) is 1. The number of carbonyl (C=O) groups excluding carboxylic acids is 2. The van der Waals surface area contributed by atoms with Gasteiger partial charge in [-0.15, -0.1) is 0 Å². The van der Waals surface area contributed by atoms with Crippen LogP contribution in [0, 0.1) is 0 Å². The molecular formula is C26H34N4O3. The molecule has 0 saturated heterocycles. The maximum Gasteiger partial charge on any atom is 0.408 e. The van der Waals surface area contributed by atoms with Crippen molar-refractivity contribution in [3.63, 3.8) is 0 Å². The quantitative estimate of drug-likeness (QED) is 0.532. The maximum atomic E-state index is 13.1. The number of amides is 2. The minimum atomic E-state index is -0.769. The van der Waals surface area contributed by atoms with Gasteiger partial charge in [0.25, 0.3) is 0 Å². The van der Waals surface area contributed by atoms with Crippen LogP contribution in [0.3, 0.4) is 0 Å². The van der Waals surface area contributed by atoms with Crippen LogP contribution in [0.4, 0.5) is 4.79 Å². The highest BCUT2D eigenvalue weighted by Crippen LogP contribution is 2.25. The predicted octanol–water partition coefficient (Wildman–Crippen LogP) is 4.41. The Morgan fingerprint density at radius 3 is 2.48 bits per heavy atom. The molecule has 3 aromatic rings. The molecule has 0 radical (unpaired) electrons. The lowest BCUT2D eigenvalue weighted by Crippen LogP contribution is -2.49. The Kier molecular flexibility index (Phi) is 7.74. The lowest BCUT2D eigenvalue weighted by molar-refractivity contribution is -0.123. The molecule has 0 bridgehead atoms. The lowest BCUT2D eigenvalue weighted by atomic mass is 10.0. The van der Waals surface area contributed by atoms with Crippen LogP contribution in [0.25, 0.3) is 10.9 Å². The van der Waals surface area contributed by atoms with E-state index in [4.69, 9.17) is 4.74 Å². The van der Waals surface area contributed by atoms with Crippen LogP contribution < -0.4 is 10.6 Å². The van der Waals surface area contributed by atoms with Crippen molar-refractivity contribution >= 4 is 22.9 Å². The van der Waals surface area contributed by atoms with Gasteiger partial charge in [-0.05, 0) is 58.4 Å². The van der Waals surface area contributed by atoms with Crippen LogP contribution >= 0.6 is 0 Å². The molecule has 176 valence electrons. The summed E-state index contributed by atoms with van der Waals surface area (Å²) in [5.74, 6) is -0.252. The van der Waals surface area contributed by atoms with Gasteiger partial charge < -0.3 is 19.9 Å². The van der Waals surface area contributed by atoms with E-state index < -0.39 is 17.7 Å². The molecule has 0 spiro atoms. The van der Waals surface area contributed by atoms with E-state index in [2.05, 4.69) is 46.3 Å². The number of nitrogens with one attached hydrogen (secondary N) is 2. The van der Waals surface area contributed by atoms with Crippen molar-refractivity contribution in [3.8, 4) is 0 Å². The SMILES string of the molecule is CC(C)n1cc(C[C@H](NC(=O)OC(C)(C)C)C(=O)NCCc2ccccn2)c2ccccc21. The predicted molar refractivity (Wildman–Crippen MR) is 130 cm³/mol. The van der Waals surface area contributed by atoms with Gasteiger partial charge in [-0.25, -0.2) is 4.79 Å². The van der Waals surface area contributed by atoms with Crippen molar-refractivity contribution in [2.45, 2.75) is 65.1 Å². The molecule has 0 aliphatic rings. The molecule has 1 aromatic carbocycles. The Labute approximate surface area is 195 Å². The standard InChI is InChI=1S/C26H34N4O3/c1-18(2)30-17-19(21-11-6-7-12-23(21)30)16-22(29-25(32)33-26(3,4)5)24(31)28-15-13-20-10-8-9-14-27-20/h6-12,14,17-18,22H,13,15-16H2,1-5H3,(H,28,31)(H,29,32)/t22-/m0/s1. The molecule has 0 aliphatic heterocycles. The molecule has 2 N–H and O–H groups in total. The van der Waals surface area contributed by atoms with Gasteiger partial charge >= 0.3 is 6.09 Å². The molecule has 0 fully saturated rings. The van der Waals surface area contributed by atoms with Crippen LogP contribution in [0.5, 0.6) is 0 Å². The molecule has 33 heavy (non-hydrogen) atoms. The first-order chi connectivity index (χ1) is 15.6. The number of ether oxygens (including phenoxy) is 1. The summed E-state index contributed by atoms with van der Waals surface area (Å²) in [5, 5.41) is 6.79. The minimum absolute atomic E-state index is 0.252. The van der Waals surface area contributed by atoms with Crippen molar-refractivity contribution in [1.29, 1.82) is 0 Å². The van der Waals surface area contributed by atoms with E-state index in [0.717, 1.165) is 22.2 Å². The fraction of sp³-hybridized carbons (Fsp3) is 0.423. The Hall–Kier alpha value is -3.35. The molecule has 2 aromatic heterocycles. The number of fused-ring (bicyclic) bond motifs is 1. The number of aromatic nitrogens is 2. The third kappa shape index (κ3) is 6.81. The highest BCUT2D eigenvalue weighted by atomic mass is 16.6. The summed E-state index contributed by atoms with van der Waals surface area (Å²) >= 11 is 0. The van der Waals surface area contributed by atoms with E-state index in [-0.39, 0.29) is 11.9 Å². The van der Waals surface area contributed by atoms with Crippen molar-refractivity contribution in [3.05, 3.63) is 66.1 Å². The number of rotatable bonds is 8. The summed E-state index contributed by atoms with van der Waals surface area (Å²) in [6.07, 6.45) is 4.15. The van der Waals surface area contributed by atoms with Crippen molar-refractivity contribution in [2.24, 2.45) is 0 Å². The second-order valence-electron chi connectivity index (χ2n) is 9.44. The Morgan fingerprint density at radius 1 is 1.09 bits per heavy atom. The van der Waals surface area contributed by atoms with Gasteiger partial charge in [-0.3, -0.25) is 9.78 Å². The molecule has 0 unspecified atom stereocenters. The smallest absolute Gasteiger partial charge is 0.408 e. The van der Waals surface area contributed by atoms with Gasteiger partial charge in [0, 0.05) is 54.4 Å². The molecule has 7 nitrogen and oxygen atoms in total. The molecule has 0 aliphatic carbocycles. The first-order valence-corrected chi connectivity index (χ1v) is 11.4. The number of carbonyl (C=O) groups is 2. The fourth-order valence-electron chi connectivity index (χ4n) is 3.73. The summed E-state index contributed by atoms with van der Waals surface area (Å²) in [6.45, 7) is 10.1. The van der Waals surface area contributed by atoms with E-state index in [1.165, 1.54) is 0 Å². The Balaban J connectivity index is 1.79. The van der Waals surface area contributed by atoms with Crippen molar-refractivity contribution in [2.75, 3.05) is 6.54 Å². The number of nitrogens with zero attached hydrogens (tertiary/aromatic N) is 2. The van der Waals surface area contributed by atoms with E-state index in [9.17, 15) is 9.59 Å². The van der Waals surface area contributed by atoms with Crippen molar-refractivity contribution < 1.29 is 14.3 Å². The van der Waals surface area contributed by atoms with E-state index >= 15 is 0 Å². The summed E-state index contributed by atoms with van der Waals surface area (Å²) in [4.78, 5) is 29.9. The Bertz CT molecular complexity index is 1080. The summed E-state index contributed by atoms with van der Waals surface area (Å²) < 4.78 is 7.60. The summed E-state index contributed by atoms with van der Waals surface area (Å²) in [6, 6.07) is 13.3. The minimum Gasteiger partial charge on any atom is -0.444 e. The summed E-state index contributed by atoms with van der Waals surface area (Å²) in [7, 11) is 0. The number of hydrogen-bond donors (Lipinski definition) is 2. The molecule has 2 amide bonds. The first-order valence-electron chi connectivity index (χ1n) is 11.4.